The Bertz CT molecular complexity index is 250. The topological polar surface area (TPSA) is 29.9 Å². The van der Waals surface area contributed by atoms with Crippen LogP contribution < -0.4 is 17.5 Å². The average Bonchev–Trinajstić information content (AvgIpc) is 2.35. The Labute approximate surface area is 90.5 Å². The Morgan fingerprint density at radius 2 is 2.08 bits per heavy atom. The summed E-state index contributed by atoms with van der Waals surface area (Å²) in [7, 11) is 0. The second-order valence-corrected chi connectivity index (χ2v) is 4.40. The third-order valence-electron chi connectivity index (χ3n) is 1.85. The van der Waals surface area contributed by atoms with Crippen molar-refractivity contribution in [2.75, 3.05) is 5.88 Å². The quantitative estimate of drug-likeness (QED) is 0.618. The monoisotopic (exact) mass is 222 g/mol. The van der Waals surface area contributed by atoms with Crippen molar-refractivity contribution in [2.24, 2.45) is 0 Å². The Kier molecular flexibility index (Phi) is 4.79. The maximum atomic E-state index is 5.63. The second kappa shape index (κ2) is 4.87. The minimum Gasteiger partial charge on any atom is -1.00 e. The zero-order chi connectivity index (χ0) is 9.19. The maximum absolute atomic E-state index is 5.63. The van der Waals surface area contributed by atoms with Crippen LogP contribution in [0.5, 0.6) is 0 Å². The largest absolute Gasteiger partial charge is 1.00 e. The van der Waals surface area contributed by atoms with E-state index in [1.807, 2.05) is 0 Å². The van der Waals surface area contributed by atoms with E-state index in [1.54, 1.807) is 0 Å². The highest BCUT2D eigenvalue weighted by molar-refractivity contribution is 6.17. The van der Waals surface area contributed by atoms with Crippen molar-refractivity contribution in [2.45, 2.75) is 32.6 Å². The first-order chi connectivity index (χ1) is 5.54. The van der Waals surface area contributed by atoms with Crippen LogP contribution in [0.25, 0.3) is 0 Å². The van der Waals surface area contributed by atoms with E-state index >= 15 is 0 Å². The number of H-pyrrole nitrogens is 2. The zero-order valence-electron chi connectivity index (χ0n) is 8.25. The van der Waals surface area contributed by atoms with Crippen LogP contribution in [0.3, 0.4) is 0 Å². The van der Waals surface area contributed by atoms with Gasteiger partial charge in [0, 0.05) is 23.8 Å². The lowest BCUT2D eigenvalue weighted by molar-refractivity contribution is -0.465. The van der Waals surface area contributed by atoms with Gasteiger partial charge >= 0.3 is 0 Å². The van der Waals surface area contributed by atoms with E-state index in [9.17, 15) is 0 Å². The van der Waals surface area contributed by atoms with Gasteiger partial charge in [0.2, 0.25) is 5.69 Å². The molecule has 0 amide bonds. The van der Waals surface area contributed by atoms with E-state index in [0.29, 0.717) is 5.88 Å². The summed E-state index contributed by atoms with van der Waals surface area (Å²) in [4.78, 5) is 0. The smallest absolute Gasteiger partial charge is 0.210 e. The molecule has 2 nitrogen and oxygen atoms in total. The van der Waals surface area contributed by atoms with Crippen molar-refractivity contribution in [3.63, 3.8) is 0 Å². The minimum absolute atomic E-state index is 0. The number of hydrogen-bond acceptors (Lipinski definition) is 0. The van der Waals surface area contributed by atoms with Crippen LogP contribution in [-0.4, -0.2) is 11.0 Å². The van der Waals surface area contributed by atoms with Crippen molar-refractivity contribution in [3.8, 4) is 0 Å². The average molecular weight is 223 g/mol. The third kappa shape index (κ3) is 3.57. The summed E-state index contributed by atoms with van der Waals surface area (Å²) in [6, 6.07) is 2.14. The lowest BCUT2D eigenvalue weighted by atomic mass is 9.92. The standard InChI is InChI=1S/C9H15ClN2.ClH/c1-9(2,3)8-6-7(4-5-10)11-12-8;/h6H,4-5H2,1-3H3,(H,11,12);1H. The number of nitrogens with one attached hydrogen (secondary N) is 2. The number of halogens is 2. The molecule has 0 aliphatic carbocycles. The maximum Gasteiger partial charge on any atom is 0.210 e. The normalized spacial score (nSPS) is 11.1. The van der Waals surface area contributed by atoms with Gasteiger partial charge in [-0.1, -0.05) is 20.8 Å². The molecule has 0 radical (unpaired) electrons. The molecule has 0 aliphatic rings. The van der Waals surface area contributed by atoms with Gasteiger partial charge in [0.15, 0.2) is 0 Å². The minimum atomic E-state index is 0. The van der Waals surface area contributed by atoms with E-state index in [2.05, 4.69) is 37.0 Å². The fraction of sp³-hybridized carbons (Fsp3) is 0.667. The molecule has 1 aromatic rings. The molecular weight excluding hydrogens is 207 g/mol. The molecule has 1 heterocycles. The van der Waals surface area contributed by atoms with Crippen LogP contribution in [0.2, 0.25) is 0 Å². The summed E-state index contributed by atoms with van der Waals surface area (Å²) in [5, 5.41) is 6.25. The molecule has 4 heteroatoms. The van der Waals surface area contributed by atoms with Crippen LogP contribution in [0.15, 0.2) is 6.07 Å². The first kappa shape index (κ1) is 12.8. The Hall–Kier alpha value is -0.210. The Morgan fingerprint density at radius 1 is 1.46 bits per heavy atom. The molecule has 76 valence electrons. The van der Waals surface area contributed by atoms with Crippen molar-refractivity contribution in [1.29, 1.82) is 0 Å². The fourth-order valence-corrected chi connectivity index (χ4v) is 1.24. The number of alkyl halides is 1. The summed E-state index contributed by atoms with van der Waals surface area (Å²) in [5.41, 5.74) is 2.58. The molecule has 0 fully saturated rings. The first-order valence-electron chi connectivity index (χ1n) is 4.20. The summed E-state index contributed by atoms with van der Waals surface area (Å²) < 4.78 is 0. The van der Waals surface area contributed by atoms with Gasteiger partial charge in [-0.05, 0) is 0 Å². The van der Waals surface area contributed by atoms with Crippen LogP contribution >= 0.6 is 11.6 Å². The van der Waals surface area contributed by atoms with E-state index < -0.39 is 0 Å². The SMILES string of the molecule is CC(C)(C)c1cc(CCCl)[nH][nH+]1.[Cl-]. The van der Waals surface area contributed by atoms with Crippen LogP contribution in [0.1, 0.15) is 32.2 Å². The molecule has 0 atom stereocenters. The molecule has 13 heavy (non-hydrogen) atoms. The molecule has 0 spiro atoms. The van der Waals surface area contributed by atoms with Crippen LogP contribution in [-0.2, 0) is 11.8 Å². The van der Waals surface area contributed by atoms with E-state index in [0.717, 1.165) is 6.42 Å². The summed E-state index contributed by atoms with van der Waals surface area (Å²) >= 11 is 5.63. The molecule has 2 N–H and O–H groups in total. The first-order valence-corrected chi connectivity index (χ1v) is 4.73. The van der Waals surface area contributed by atoms with Gasteiger partial charge in [0.25, 0.3) is 0 Å². The van der Waals surface area contributed by atoms with E-state index in [4.69, 9.17) is 11.6 Å². The molecule has 0 aliphatic heterocycles. The third-order valence-corrected chi connectivity index (χ3v) is 2.04. The highest BCUT2D eigenvalue weighted by Crippen LogP contribution is 2.17. The summed E-state index contributed by atoms with van der Waals surface area (Å²) in [6.45, 7) is 6.53. The van der Waals surface area contributed by atoms with Crippen molar-refractivity contribution in [1.82, 2.24) is 5.10 Å². The number of rotatable bonds is 2. The van der Waals surface area contributed by atoms with Gasteiger partial charge in [-0.25, -0.2) is 0 Å². The summed E-state index contributed by atoms with van der Waals surface area (Å²) in [6.07, 6.45) is 0.897. The van der Waals surface area contributed by atoms with Gasteiger partial charge in [-0.2, -0.15) is 5.10 Å². The lowest BCUT2D eigenvalue weighted by Gasteiger charge is -2.08. The zero-order valence-corrected chi connectivity index (χ0v) is 9.76. The highest BCUT2D eigenvalue weighted by atomic mass is 35.5. The Balaban J connectivity index is 0.00000144. The van der Waals surface area contributed by atoms with Crippen LogP contribution in [0, 0.1) is 0 Å². The Morgan fingerprint density at radius 3 is 2.46 bits per heavy atom. The molecular formula is C9H16Cl2N2. The number of hydrogen-bond donors (Lipinski definition) is 1. The molecule has 1 aromatic heterocycles. The van der Waals surface area contributed by atoms with Crippen LogP contribution in [0.4, 0.5) is 0 Å². The van der Waals surface area contributed by atoms with Crippen molar-refractivity contribution < 1.29 is 17.5 Å². The molecule has 0 saturated heterocycles. The predicted molar refractivity (Wildman–Crippen MR) is 50.5 cm³/mol. The van der Waals surface area contributed by atoms with Gasteiger partial charge in [0.1, 0.15) is 0 Å². The highest BCUT2D eigenvalue weighted by Gasteiger charge is 2.22. The fourth-order valence-electron chi connectivity index (χ4n) is 1.03. The van der Waals surface area contributed by atoms with E-state index in [1.165, 1.54) is 11.4 Å². The van der Waals surface area contributed by atoms with Gasteiger partial charge in [-0.15, -0.1) is 16.7 Å². The molecule has 0 unspecified atom stereocenters. The van der Waals surface area contributed by atoms with Crippen molar-refractivity contribution >= 4 is 11.6 Å². The molecule has 1 rings (SSSR count). The molecule has 0 saturated carbocycles. The summed E-state index contributed by atoms with van der Waals surface area (Å²) in [5.74, 6) is 0.665. The predicted octanol–water partition coefficient (Wildman–Crippen LogP) is -1.09. The number of aromatic amines is 2. The van der Waals surface area contributed by atoms with Gasteiger partial charge < -0.3 is 12.4 Å². The van der Waals surface area contributed by atoms with Gasteiger partial charge in [0.05, 0.1) is 5.69 Å². The van der Waals surface area contributed by atoms with Crippen molar-refractivity contribution in [3.05, 3.63) is 17.5 Å². The second-order valence-electron chi connectivity index (χ2n) is 4.02. The number of aromatic nitrogens is 2. The number of aryl methyl sites for hydroxylation is 1. The molecule has 0 bridgehead atoms. The molecule has 0 aromatic carbocycles. The van der Waals surface area contributed by atoms with E-state index in [-0.39, 0.29) is 17.8 Å². The lowest BCUT2D eigenvalue weighted by Crippen LogP contribution is -3.00. The van der Waals surface area contributed by atoms with Gasteiger partial charge in [-0.3, -0.25) is 0 Å².